The van der Waals surface area contributed by atoms with Gasteiger partial charge >= 0.3 is 12.0 Å². The summed E-state index contributed by atoms with van der Waals surface area (Å²) in [7, 11) is 0. The van der Waals surface area contributed by atoms with Crippen LogP contribution in [0.4, 0.5) is 9.18 Å². The second kappa shape index (κ2) is 12.1. The standard InChI is InChI=1S/C29H31FN4O5/c1-3-15-32-18-25(35)27-23(13-14-26(36)37)28(38)33(19(2)21-9-11-22(30)12-10-21)17-24(27)34(32)29(39)31-16-20-7-5-4-6-8-20/h1,4-12,19,23-24,27H,13-18H2,2H3,(H,31,39)(H,36,37)/t19?,23-,24+,27?/m1/s1. The van der Waals surface area contributed by atoms with Crippen LogP contribution in [-0.4, -0.2) is 69.4 Å². The van der Waals surface area contributed by atoms with E-state index in [0.29, 0.717) is 5.56 Å². The molecule has 2 unspecified atom stereocenters. The van der Waals surface area contributed by atoms with Crippen molar-refractivity contribution in [2.45, 2.75) is 38.4 Å². The smallest absolute Gasteiger partial charge is 0.332 e. The lowest BCUT2D eigenvalue weighted by Crippen LogP contribution is -2.71. The number of urea groups is 1. The summed E-state index contributed by atoms with van der Waals surface area (Å²) in [5.41, 5.74) is 1.55. The number of fused-ring (bicyclic) bond motifs is 1. The average molecular weight is 535 g/mol. The molecule has 3 amide bonds. The molecule has 0 spiro atoms. The molecule has 204 valence electrons. The topological polar surface area (TPSA) is 110 Å². The number of benzene rings is 2. The Hall–Kier alpha value is -4.23. The van der Waals surface area contributed by atoms with E-state index in [1.807, 2.05) is 30.3 Å². The Kier molecular flexibility index (Phi) is 8.62. The van der Waals surface area contributed by atoms with E-state index in [9.17, 15) is 28.7 Å². The van der Waals surface area contributed by atoms with Crippen molar-refractivity contribution in [3.05, 3.63) is 71.5 Å². The summed E-state index contributed by atoms with van der Waals surface area (Å²) in [6.07, 6.45) is 5.21. The predicted octanol–water partition coefficient (Wildman–Crippen LogP) is 2.84. The number of nitrogens with one attached hydrogen (secondary N) is 1. The van der Waals surface area contributed by atoms with Crippen molar-refractivity contribution < 1.29 is 28.7 Å². The molecule has 0 aliphatic carbocycles. The fourth-order valence-electron chi connectivity index (χ4n) is 5.50. The van der Waals surface area contributed by atoms with E-state index in [0.717, 1.165) is 5.56 Å². The molecule has 2 aliphatic heterocycles. The molecule has 4 rings (SSSR count). The van der Waals surface area contributed by atoms with E-state index in [4.69, 9.17) is 6.42 Å². The van der Waals surface area contributed by atoms with Crippen molar-refractivity contribution in [1.82, 2.24) is 20.2 Å². The molecule has 9 nitrogen and oxygen atoms in total. The predicted molar refractivity (Wildman–Crippen MR) is 140 cm³/mol. The summed E-state index contributed by atoms with van der Waals surface area (Å²) in [5, 5.41) is 15.2. The molecule has 4 atom stereocenters. The number of carboxylic acids is 1. The van der Waals surface area contributed by atoms with Crippen LogP contribution in [0.1, 0.15) is 36.9 Å². The Morgan fingerprint density at radius 2 is 1.85 bits per heavy atom. The first kappa shape index (κ1) is 27.8. The Morgan fingerprint density at radius 1 is 1.15 bits per heavy atom. The number of carbonyl (C=O) groups is 4. The van der Waals surface area contributed by atoms with Gasteiger partial charge in [0, 0.05) is 19.5 Å². The molecule has 0 saturated carbocycles. The van der Waals surface area contributed by atoms with Crippen molar-refractivity contribution in [3.63, 3.8) is 0 Å². The fourth-order valence-corrected chi connectivity index (χ4v) is 5.50. The van der Waals surface area contributed by atoms with E-state index in [1.54, 1.807) is 24.0 Å². The summed E-state index contributed by atoms with van der Waals surface area (Å²) in [4.78, 5) is 53.8. The van der Waals surface area contributed by atoms with Crippen LogP contribution in [-0.2, 0) is 20.9 Å². The lowest BCUT2D eigenvalue weighted by atomic mass is 9.74. The van der Waals surface area contributed by atoms with Crippen LogP contribution in [0.25, 0.3) is 0 Å². The summed E-state index contributed by atoms with van der Waals surface area (Å²) in [6.45, 7) is 1.87. The summed E-state index contributed by atoms with van der Waals surface area (Å²) < 4.78 is 13.6. The molecule has 2 saturated heterocycles. The average Bonchev–Trinajstić information content (AvgIpc) is 2.92. The number of likely N-dealkylation sites (tertiary alicyclic amines) is 1. The molecule has 2 fully saturated rings. The van der Waals surface area contributed by atoms with Crippen LogP contribution >= 0.6 is 0 Å². The van der Waals surface area contributed by atoms with Gasteiger partial charge in [-0.2, -0.15) is 5.01 Å². The number of Topliss-reactive ketones (excluding diaryl/α,β-unsaturated/α-hetero) is 1. The number of carboxylic acid groups (broad SMARTS) is 1. The third kappa shape index (κ3) is 6.10. The minimum atomic E-state index is -1.09. The van der Waals surface area contributed by atoms with Gasteiger partial charge in [0.25, 0.3) is 0 Å². The first-order chi connectivity index (χ1) is 18.7. The zero-order valence-electron chi connectivity index (χ0n) is 21.6. The number of ketones is 1. The number of terminal acetylenes is 1. The normalized spacial score (nSPS) is 22.1. The molecule has 0 bridgehead atoms. The molecule has 2 aromatic rings. The van der Waals surface area contributed by atoms with Crippen LogP contribution in [0.15, 0.2) is 54.6 Å². The molecule has 10 heteroatoms. The van der Waals surface area contributed by atoms with Gasteiger partial charge in [0.05, 0.1) is 37.0 Å². The van der Waals surface area contributed by atoms with Gasteiger partial charge in [-0.3, -0.25) is 19.4 Å². The molecule has 2 N–H and O–H groups in total. The monoisotopic (exact) mass is 534 g/mol. The van der Waals surface area contributed by atoms with Crippen LogP contribution in [0.2, 0.25) is 0 Å². The number of carbonyl (C=O) groups excluding carboxylic acids is 3. The minimum absolute atomic E-state index is 0.00499. The SMILES string of the molecule is C#CCN1CC(=O)C2[C@@H](CCC(=O)O)C(=O)N(C(C)c3ccc(F)cc3)C[C@@H]2N1C(=O)NCc1ccccc1. The number of nitrogens with zero attached hydrogens (tertiary/aromatic N) is 3. The third-order valence-corrected chi connectivity index (χ3v) is 7.42. The molecule has 2 aromatic carbocycles. The summed E-state index contributed by atoms with van der Waals surface area (Å²) in [5.74, 6) is -1.46. The van der Waals surface area contributed by atoms with Gasteiger partial charge in [0.2, 0.25) is 5.91 Å². The number of amides is 3. The van der Waals surface area contributed by atoms with E-state index in [-0.39, 0.29) is 50.7 Å². The molecular weight excluding hydrogens is 503 g/mol. The third-order valence-electron chi connectivity index (χ3n) is 7.42. The Bertz CT molecular complexity index is 1260. The fraction of sp³-hybridized carbons (Fsp3) is 0.379. The number of piperidine rings is 1. The van der Waals surface area contributed by atoms with Crippen molar-refractivity contribution in [3.8, 4) is 12.3 Å². The highest BCUT2D eigenvalue weighted by Crippen LogP contribution is 2.39. The first-order valence-electron chi connectivity index (χ1n) is 12.8. The van der Waals surface area contributed by atoms with Crippen molar-refractivity contribution >= 4 is 23.7 Å². The number of hydrazine groups is 1. The van der Waals surface area contributed by atoms with Gasteiger partial charge in [-0.15, -0.1) is 6.42 Å². The lowest BCUT2D eigenvalue weighted by molar-refractivity contribution is -0.170. The maximum atomic E-state index is 13.8. The molecule has 2 heterocycles. The molecule has 0 aromatic heterocycles. The largest absolute Gasteiger partial charge is 0.481 e. The second-order valence-corrected chi connectivity index (χ2v) is 9.83. The molecule has 2 aliphatic rings. The molecule has 39 heavy (non-hydrogen) atoms. The number of aliphatic carboxylic acids is 1. The van der Waals surface area contributed by atoms with Crippen molar-refractivity contribution in [2.24, 2.45) is 11.8 Å². The van der Waals surface area contributed by atoms with Crippen LogP contribution in [0.3, 0.4) is 0 Å². The van der Waals surface area contributed by atoms with E-state index in [1.165, 1.54) is 22.2 Å². The van der Waals surface area contributed by atoms with Crippen LogP contribution < -0.4 is 5.32 Å². The van der Waals surface area contributed by atoms with Crippen LogP contribution in [0, 0.1) is 30.0 Å². The first-order valence-corrected chi connectivity index (χ1v) is 12.8. The highest BCUT2D eigenvalue weighted by Gasteiger charge is 2.54. The summed E-state index contributed by atoms with van der Waals surface area (Å²) >= 11 is 0. The van der Waals surface area contributed by atoms with Gasteiger partial charge in [-0.05, 0) is 36.6 Å². The van der Waals surface area contributed by atoms with Gasteiger partial charge in [0.15, 0.2) is 5.78 Å². The van der Waals surface area contributed by atoms with E-state index in [2.05, 4.69) is 11.2 Å². The van der Waals surface area contributed by atoms with E-state index >= 15 is 0 Å². The van der Waals surface area contributed by atoms with Gasteiger partial charge in [-0.25, -0.2) is 9.18 Å². The maximum absolute atomic E-state index is 13.8. The van der Waals surface area contributed by atoms with Crippen molar-refractivity contribution in [2.75, 3.05) is 19.6 Å². The van der Waals surface area contributed by atoms with Crippen LogP contribution in [0.5, 0.6) is 0 Å². The highest BCUT2D eigenvalue weighted by molar-refractivity contribution is 5.94. The van der Waals surface area contributed by atoms with Gasteiger partial charge in [-0.1, -0.05) is 48.4 Å². The quantitative estimate of drug-likeness (QED) is 0.504. The maximum Gasteiger partial charge on any atom is 0.332 e. The minimum Gasteiger partial charge on any atom is -0.481 e. The second-order valence-electron chi connectivity index (χ2n) is 9.83. The van der Waals surface area contributed by atoms with Gasteiger partial charge in [0.1, 0.15) is 5.82 Å². The lowest BCUT2D eigenvalue weighted by Gasteiger charge is -2.53. The van der Waals surface area contributed by atoms with Gasteiger partial charge < -0.3 is 15.3 Å². The number of rotatable bonds is 8. The number of hydrogen-bond donors (Lipinski definition) is 2. The Labute approximate surface area is 226 Å². The number of hydrogen-bond acceptors (Lipinski definition) is 5. The summed E-state index contributed by atoms with van der Waals surface area (Å²) in [6, 6.07) is 13.3. The molecule has 0 radical (unpaired) electrons. The number of halogens is 1. The molecular formula is C29H31FN4O5. The zero-order chi connectivity index (χ0) is 28.1. The Morgan fingerprint density at radius 3 is 2.49 bits per heavy atom. The highest BCUT2D eigenvalue weighted by atomic mass is 19.1. The van der Waals surface area contributed by atoms with Crippen molar-refractivity contribution in [1.29, 1.82) is 0 Å². The zero-order valence-corrected chi connectivity index (χ0v) is 21.6. The van der Waals surface area contributed by atoms with E-state index < -0.39 is 41.7 Å². The Balaban J connectivity index is 1.69.